The van der Waals surface area contributed by atoms with Crippen LogP contribution in [0.2, 0.25) is 5.02 Å². The first-order valence-corrected chi connectivity index (χ1v) is 34.6. The molecule has 1 saturated carbocycles. The van der Waals surface area contributed by atoms with Crippen LogP contribution in [0.15, 0.2) is 163 Å². The molecule has 0 radical (unpaired) electrons. The summed E-state index contributed by atoms with van der Waals surface area (Å²) in [5.74, 6) is 6.58. The maximum absolute atomic E-state index is 14.2. The molecular formula is C73H73ClN10O12S. The summed E-state index contributed by atoms with van der Waals surface area (Å²) < 4.78 is 54.8. The number of imide groups is 1. The van der Waals surface area contributed by atoms with Crippen LogP contribution in [0, 0.1) is 39.7 Å². The average molecular weight is 1350 g/mol. The number of rotatable bonds is 23. The highest BCUT2D eigenvalue weighted by Crippen LogP contribution is 2.43. The van der Waals surface area contributed by atoms with Crippen molar-refractivity contribution in [2.45, 2.75) is 69.0 Å². The Morgan fingerprint density at radius 3 is 2.49 bits per heavy atom. The van der Waals surface area contributed by atoms with Crippen LogP contribution in [0.1, 0.15) is 82.4 Å². The number of nitro groups is 1. The maximum Gasteiger partial charge on any atom is 0.293 e. The summed E-state index contributed by atoms with van der Waals surface area (Å²) in [6.45, 7) is 7.23. The lowest BCUT2D eigenvalue weighted by molar-refractivity contribution is -0.384. The molecule has 4 N–H and O–H groups in total. The number of nitrogens with one attached hydrogen (secondary N) is 4. The van der Waals surface area contributed by atoms with Crippen LogP contribution >= 0.6 is 11.6 Å². The Balaban J connectivity index is 0.629. The van der Waals surface area contributed by atoms with E-state index >= 15 is 0 Å². The number of aromatic nitrogens is 2. The van der Waals surface area contributed by atoms with Crippen LogP contribution < -0.4 is 29.7 Å². The number of sulfonamides is 1. The number of piperidine rings is 1. The van der Waals surface area contributed by atoms with Crippen molar-refractivity contribution in [3.8, 4) is 40.2 Å². The maximum atomic E-state index is 14.2. The highest BCUT2D eigenvalue weighted by molar-refractivity contribution is 7.90. The molecule has 1 aliphatic carbocycles. The molecule has 7 heterocycles. The molecule has 1 unspecified atom stereocenters. The van der Waals surface area contributed by atoms with Gasteiger partial charge in [-0.1, -0.05) is 65.9 Å². The van der Waals surface area contributed by atoms with Crippen molar-refractivity contribution < 1.29 is 51.5 Å². The Bertz CT molecular complexity index is 4430. The number of aromatic amines is 1. The molecule has 13 rings (SSSR count). The lowest BCUT2D eigenvalue weighted by Gasteiger charge is -2.40. The number of piperazine rings is 1. The number of allylic oxidation sites excluding steroid dienone is 5. The molecule has 22 nitrogen and oxygen atoms in total. The molecule has 7 aromatic rings. The topological polar surface area (TPSA) is 260 Å². The Kier molecular flexibility index (Phi) is 20.1. The summed E-state index contributed by atoms with van der Waals surface area (Å²) in [5.41, 5.74) is 7.46. The van der Waals surface area contributed by atoms with Crippen molar-refractivity contribution in [1.29, 1.82) is 0 Å². The van der Waals surface area contributed by atoms with Gasteiger partial charge in [0.25, 0.3) is 27.5 Å². The standard InChI is InChI=1S/C73H73ClN10O12S/c74-54-16-14-51(15-17-54)58-10-7-13-67(95-47-49-38-53(39-49)64-12-2-1-4-28-82(64)33-37-93-34-5-3-8-50-9-6-11-59-61(50)46-83(73(59)88)65-22-23-69(85)78-72(65)87)62(58)45-80-29-31-81(32-30-80)55-18-20-60(68(41-55)96-56-40-52-24-27-75-70(52)77-44-56)71(86)79-97(91,92)57-19-21-63(66(42-57)84(89)90)76-43-48-25-35-94-36-26-48/h1-2,4,6-7,9-21,24,27-28,40-42,44,48-49,53,65,76H,5,22-23,25-26,29-39,43,45-47H2,(H,75,77)(H,79,86)(H,78,85,87). The number of benzene rings is 5. The van der Waals surface area contributed by atoms with Gasteiger partial charge < -0.3 is 43.9 Å². The van der Waals surface area contributed by atoms with Crippen molar-refractivity contribution in [1.82, 2.24) is 34.7 Å². The summed E-state index contributed by atoms with van der Waals surface area (Å²) in [6.07, 6.45) is 18.2. The van der Waals surface area contributed by atoms with Gasteiger partial charge in [0.1, 0.15) is 34.6 Å². The van der Waals surface area contributed by atoms with Crippen LogP contribution in [-0.2, 0) is 42.2 Å². The third-order valence-electron chi connectivity index (χ3n) is 18.7. The lowest BCUT2D eigenvalue weighted by Crippen LogP contribution is -2.52. The number of ether oxygens (including phenoxy) is 4. The first-order valence-electron chi connectivity index (χ1n) is 32.7. The molecule has 2 aromatic heterocycles. The minimum atomic E-state index is -4.63. The third kappa shape index (κ3) is 15.4. The zero-order valence-electron chi connectivity index (χ0n) is 53.3. The molecule has 5 aromatic carbocycles. The van der Waals surface area contributed by atoms with Crippen molar-refractivity contribution in [2.24, 2.45) is 17.8 Å². The van der Waals surface area contributed by atoms with Gasteiger partial charge >= 0.3 is 0 Å². The number of carbonyl (C=O) groups is 4. The number of nitro benzene ring substituents is 1. The molecule has 97 heavy (non-hydrogen) atoms. The second-order valence-corrected chi connectivity index (χ2v) is 27.1. The molecule has 6 aliphatic rings. The zero-order valence-corrected chi connectivity index (χ0v) is 54.8. The molecule has 0 bridgehead atoms. The second-order valence-electron chi connectivity index (χ2n) is 25.0. The molecule has 3 saturated heterocycles. The van der Waals surface area contributed by atoms with Crippen LogP contribution in [0.25, 0.3) is 22.2 Å². The molecule has 24 heteroatoms. The van der Waals surface area contributed by atoms with Crippen LogP contribution in [0.5, 0.6) is 17.2 Å². The van der Waals surface area contributed by atoms with E-state index in [1.54, 1.807) is 36.5 Å². The van der Waals surface area contributed by atoms with E-state index in [1.165, 1.54) is 35.0 Å². The lowest BCUT2D eigenvalue weighted by atomic mass is 9.73. The van der Waals surface area contributed by atoms with E-state index in [2.05, 4.69) is 76.3 Å². The summed E-state index contributed by atoms with van der Waals surface area (Å²) in [6, 6.07) is 30.9. The predicted octanol–water partition coefficient (Wildman–Crippen LogP) is 10.8. The number of halogens is 1. The van der Waals surface area contributed by atoms with E-state index < -0.39 is 43.4 Å². The number of pyridine rings is 1. The third-order valence-corrected chi connectivity index (χ3v) is 20.3. The highest BCUT2D eigenvalue weighted by atomic mass is 35.5. The van der Waals surface area contributed by atoms with E-state index in [0.29, 0.717) is 126 Å². The van der Waals surface area contributed by atoms with Gasteiger partial charge in [-0.2, -0.15) is 0 Å². The van der Waals surface area contributed by atoms with Crippen molar-refractivity contribution in [3.05, 3.63) is 201 Å². The minimum absolute atomic E-state index is 0.0795. The number of carbonyl (C=O) groups excluding carboxylic acids is 4. The van der Waals surface area contributed by atoms with Crippen LogP contribution in [0.4, 0.5) is 17.1 Å². The SMILES string of the molecule is O=C1CCC(N2Cc3c(C#CCCOCCN4C=CC=CC=C4C4CC(COc5cccc(-c6ccc(Cl)cc6)c5CN5CCN(c6ccc(C(=O)NS(=O)(=O)c7ccc(NCC8CCOCC8)c([N+](=O)[O-])c7)c(Oc7cnc8[nH]ccc8c7)c6)CC5)C4)cccc3C2=O)C(=O)N1. The summed E-state index contributed by atoms with van der Waals surface area (Å²) in [4.78, 5) is 78.9. The Morgan fingerprint density at radius 2 is 1.68 bits per heavy atom. The van der Waals surface area contributed by atoms with E-state index in [1.807, 2.05) is 60.7 Å². The van der Waals surface area contributed by atoms with Crippen molar-refractivity contribution in [2.75, 3.05) is 82.5 Å². The largest absolute Gasteiger partial charge is 0.493 e. The quantitative estimate of drug-likeness (QED) is 0.0153. The second kappa shape index (κ2) is 29.7. The Morgan fingerprint density at radius 1 is 0.866 bits per heavy atom. The number of amides is 4. The normalized spacial score (nSPS) is 18.9. The predicted molar refractivity (Wildman–Crippen MR) is 366 cm³/mol. The average Bonchev–Trinajstić information content (AvgIpc) is 1.72. The number of fused-ring (bicyclic) bond motifs is 2. The fraction of sp³-hybridized carbons (Fsp3) is 0.329. The number of H-pyrrole nitrogens is 1. The van der Waals surface area contributed by atoms with E-state index in [0.717, 1.165) is 76.4 Å². The molecular weight excluding hydrogens is 1280 g/mol. The first kappa shape index (κ1) is 65.8. The van der Waals surface area contributed by atoms with Gasteiger partial charge in [0.2, 0.25) is 11.8 Å². The fourth-order valence-corrected chi connectivity index (χ4v) is 14.5. The number of hydrogen-bond donors (Lipinski definition) is 4. The molecule has 5 aliphatic heterocycles. The Labute approximate surface area is 566 Å². The summed E-state index contributed by atoms with van der Waals surface area (Å²) >= 11 is 6.41. The molecule has 4 fully saturated rings. The van der Waals surface area contributed by atoms with Crippen LogP contribution in [-0.4, -0.2) is 140 Å². The molecule has 0 spiro atoms. The first-order chi connectivity index (χ1) is 47.2. The summed E-state index contributed by atoms with van der Waals surface area (Å²) in [5, 5.41) is 19.1. The van der Waals surface area contributed by atoms with Gasteiger partial charge in [0.15, 0.2) is 0 Å². The highest BCUT2D eigenvalue weighted by Gasteiger charge is 2.40. The van der Waals surface area contributed by atoms with Gasteiger partial charge in [-0.25, -0.2) is 18.1 Å². The van der Waals surface area contributed by atoms with Crippen molar-refractivity contribution in [3.63, 3.8) is 0 Å². The van der Waals surface area contributed by atoms with Crippen LogP contribution in [0.3, 0.4) is 0 Å². The van der Waals surface area contributed by atoms with Gasteiger partial charge in [0.05, 0.1) is 41.4 Å². The smallest absolute Gasteiger partial charge is 0.293 e. The van der Waals surface area contributed by atoms with E-state index in [4.69, 9.17) is 30.5 Å². The number of hydrogen-bond acceptors (Lipinski definition) is 17. The number of nitrogens with zero attached hydrogens (tertiary/aromatic N) is 6. The zero-order chi connectivity index (χ0) is 67.0. The van der Waals surface area contributed by atoms with Crippen molar-refractivity contribution >= 4 is 73.3 Å². The van der Waals surface area contributed by atoms with Gasteiger partial charge in [-0.15, -0.1) is 0 Å². The Hall–Kier alpha value is -9.83. The molecule has 1 atom stereocenters. The molecule has 4 amide bonds. The summed E-state index contributed by atoms with van der Waals surface area (Å²) in [7, 11) is -4.63. The monoisotopic (exact) mass is 1350 g/mol. The number of anilines is 2. The van der Waals surface area contributed by atoms with E-state index in [9.17, 15) is 37.7 Å². The molecule has 500 valence electrons. The minimum Gasteiger partial charge on any atom is -0.493 e. The van der Waals surface area contributed by atoms with Gasteiger partial charge in [-0.05, 0) is 145 Å². The van der Waals surface area contributed by atoms with E-state index in [-0.39, 0.29) is 47.7 Å². The fourth-order valence-electron chi connectivity index (χ4n) is 13.4. The van der Waals surface area contributed by atoms with Gasteiger partial charge in [0, 0.05) is 141 Å². The van der Waals surface area contributed by atoms with Gasteiger partial charge in [-0.3, -0.25) is 39.5 Å².